The fourth-order valence-electron chi connectivity index (χ4n) is 2.25. The number of amides is 2. The maximum absolute atomic E-state index is 11.8. The van der Waals surface area contributed by atoms with Crippen molar-refractivity contribution in [2.45, 2.75) is 43.9 Å². The topological polar surface area (TPSA) is 102 Å². The Kier molecular flexibility index (Phi) is 4.60. The molecule has 0 aromatic heterocycles. The number of carbonyl (C=O) groups is 2. The van der Waals surface area contributed by atoms with Gasteiger partial charge in [-0.25, -0.2) is 9.59 Å². The van der Waals surface area contributed by atoms with Crippen molar-refractivity contribution in [2.24, 2.45) is 0 Å². The smallest absolute Gasteiger partial charge is 0.326 e. The van der Waals surface area contributed by atoms with Crippen LogP contribution < -0.4 is 10.6 Å². The molecular formula is C12H21N3O4. The third kappa shape index (κ3) is 4.07. The lowest BCUT2D eigenvalue weighted by atomic mass is 10.2. The second-order valence-corrected chi connectivity index (χ2v) is 5.21. The molecule has 7 nitrogen and oxygen atoms in total. The van der Waals surface area contributed by atoms with Gasteiger partial charge in [0.05, 0.1) is 6.10 Å². The van der Waals surface area contributed by atoms with E-state index in [1.165, 1.54) is 17.7 Å². The van der Waals surface area contributed by atoms with E-state index in [0.717, 1.165) is 13.0 Å². The van der Waals surface area contributed by atoms with Gasteiger partial charge >= 0.3 is 12.0 Å². The van der Waals surface area contributed by atoms with E-state index >= 15 is 0 Å². The number of β-amino-alcohol motifs (C(OH)–C–C–N with tert-alkyl or cyclic N) is 1. The number of nitrogens with zero attached hydrogens (tertiary/aromatic N) is 1. The summed E-state index contributed by atoms with van der Waals surface area (Å²) < 4.78 is 0. The Morgan fingerprint density at radius 1 is 1.26 bits per heavy atom. The van der Waals surface area contributed by atoms with E-state index in [9.17, 15) is 14.7 Å². The van der Waals surface area contributed by atoms with Crippen LogP contribution in [0.25, 0.3) is 0 Å². The van der Waals surface area contributed by atoms with Gasteiger partial charge in [0.1, 0.15) is 6.04 Å². The first-order valence-corrected chi connectivity index (χ1v) is 6.76. The van der Waals surface area contributed by atoms with Gasteiger partial charge in [-0.05, 0) is 25.8 Å². The maximum Gasteiger partial charge on any atom is 0.326 e. The summed E-state index contributed by atoms with van der Waals surface area (Å²) in [4.78, 5) is 24.0. The van der Waals surface area contributed by atoms with Crippen LogP contribution in [0.4, 0.5) is 4.79 Å². The fourth-order valence-corrected chi connectivity index (χ4v) is 2.25. The average molecular weight is 271 g/mol. The summed E-state index contributed by atoms with van der Waals surface area (Å²) in [6, 6.07) is -0.671. The minimum absolute atomic E-state index is 0.0864. The van der Waals surface area contributed by atoms with Gasteiger partial charge in [-0.2, -0.15) is 0 Å². The molecule has 1 aliphatic carbocycles. The molecule has 108 valence electrons. The zero-order valence-corrected chi connectivity index (χ0v) is 10.8. The first-order valence-electron chi connectivity index (χ1n) is 6.76. The second-order valence-electron chi connectivity index (χ2n) is 5.21. The molecule has 2 aliphatic rings. The summed E-state index contributed by atoms with van der Waals surface area (Å²) in [6.45, 7) is 1.45. The van der Waals surface area contributed by atoms with Crippen molar-refractivity contribution in [1.29, 1.82) is 0 Å². The first kappa shape index (κ1) is 14.1. The predicted molar refractivity (Wildman–Crippen MR) is 67.8 cm³/mol. The lowest BCUT2D eigenvalue weighted by Gasteiger charge is -2.21. The highest BCUT2D eigenvalue weighted by Crippen LogP contribution is 2.18. The molecule has 0 spiro atoms. The molecule has 1 unspecified atom stereocenters. The molecule has 7 heteroatoms. The molecule has 0 radical (unpaired) electrons. The van der Waals surface area contributed by atoms with E-state index in [-0.39, 0.29) is 13.0 Å². The largest absolute Gasteiger partial charge is 0.480 e. The molecule has 2 rings (SSSR count). The Labute approximate surface area is 112 Å². The number of carboxylic acids is 1. The lowest BCUT2D eigenvalue weighted by Crippen LogP contribution is -2.46. The zero-order valence-electron chi connectivity index (χ0n) is 10.8. The summed E-state index contributed by atoms with van der Waals surface area (Å²) in [5, 5.41) is 24.5. The number of hydrogen-bond donors (Lipinski definition) is 4. The van der Waals surface area contributed by atoms with E-state index in [1.807, 2.05) is 0 Å². The van der Waals surface area contributed by atoms with E-state index in [0.29, 0.717) is 12.6 Å². The Hall–Kier alpha value is -1.34. The standard InChI is InChI=1S/C12H21N3O4/c16-9-6-10(11(17)18)15(7-9)12(19)14-5-1-4-13-8-2-3-8/h8-10,13,16H,1-7H2,(H,14,19)(H,17,18)/t9?,10-/m0/s1. The number of carbonyl (C=O) groups excluding carboxylic acids is 1. The van der Waals surface area contributed by atoms with Crippen molar-refractivity contribution in [2.75, 3.05) is 19.6 Å². The normalized spacial score (nSPS) is 26.5. The molecule has 1 saturated carbocycles. The summed E-state index contributed by atoms with van der Waals surface area (Å²) in [5.41, 5.74) is 0. The quantitative estimate of drug-likeness (QED) is 0.481. The van der Waals surface area contributed by atoms with Gasteiger partial charge in [-0.15, -0.1) is 0 Å². The van der Waals surface area contributed by atoms with Crippen LogP contribution >= 0.6 is 0 Å². The van der Waals surface area contributed by atoms with Crippen LogP contribution in [0, 0.1) is 0 Å². The second kappa shape index (κ2) is 6.21. The number of urea groups is 1. The molecule has 19 heavy (non-hydrogen) atoms. The van der Waals surface area contributed by atoms with E-state index in [2.05, 4.69) is 10.6 Å². The molecule has 1 heterocycles. The maximum atomic E-state index is 11.8. The Morgan fingerprint density at radius 2 is 2.00 bits per heavy atom. The molecule has 1 aliphatic heterocycles. The highest BCUT2D eigenvalue weighted by atomic mass is 16.4. The molecule has 0 aromatic rings. The SMILES string of the molecule is O=C(O)[C@@H]1CC(O)CN1C(=O)NCCCNC1CC1. The minimum atomic E-state index is -1.07. The van der Waals surface area contributed by atoms with Crippen molar-refractivity contribution in [1.82, 2.24) is 15.5 Å². The number of aliphatic hydroxyl groups is 1. The Morgan fingerprint density at radius 3 is 2.63 bits per heavy atom. The third-order valence-corrected chi connectivity index (χ3v) is 3.47. The number of likely N-dealkylation sites (tertiary alicyclic amines) is 1. The van der Waals surface area contributed by atoms with Crippen molar-refractivity contribution in [3.05, 3.63) is 0 Å². The highest BCUT2D eigenvalue weighted by molar-refractivity contribution is 5.83. The van der Waals surface area contributed by atoms with Gasteiger partial charge in [0.25, 0.3) is 0 Å². The van der Waals surface area contributed by atoms with Crippen molar-refractivity contribution in [3.8, 4) is 0 Å². The summed E-state index contributed by atoms with van der Waals surface area (Å²) >= 11 is 0. The van der Waals surface area contributed by atoms with E-state index in [4.69, 9.17) is 5.11 Å². The number of rotatable bonds is 6. The molecule has 0 bridgehead atoms. The number of carboxylic acid groups (broad SMARTS) is 1. The zero-order chi connectivity index (χ0) is 13.8. The third-order valence-electron chi connectivity index (χ3n) is 3.47. The number of aliphatic hydroxyl groups excluding tert-OH is 1. The van der Waals surface area contributed by atoms with Gasteiger partial charge < -0.3 is 25.7 Å². The van der Waals surface area contributed by atoms with Gasteiger partial charge in [-0.3, -0.25) is 0 Å². The molecule has 2 amide bonds. The Bertz CT molecular complexity index is 346. The monoisotopic (exact) mass is 271 g/mol. The summed E-state index contributed by atoms with van der Waals surface area (Å²) in [6.07, 6.45) is 2.64. The van der Waals surface area contributed by atoms with Crippen LogP contribution in [-0.2, 0) is 4.79 Å². The molecular weight excluding hydrogens is 250 g/mol. The summed E-state index contributed by atoms with van der Waals surface area (Å²) in [5.74, 6) is -1.07. The molecule has 4 N–H and O–H groups in total. The van der Waals surface area contributed by atoms with E-state index < -0.39 is 24.1 Å². The first-order chi connectivity index (χ1) is 9.08. The van der Waals surface area contributed by atoms with Crippen molar-refractivity contribution in [3.63, 3.8) is 0 Å². The van der Waals surface area contributed by atoms with Crippen LogP contribution in [0.2, 0.25) is 0 Å². The van der Waals surface area contributed by atoms with Gasteiger partial charge in [0.15, 0.2) is 0 Å². The van der Waals surface area contributed by atoms with Crippen molar-refractivity contribution >= 4 is 12.0 Å². The van der Waals surface area contributed by atoms with Crippen molar-refractivity contribution < 1.29 is 19.8 Å². The van der Waals surface area contributed by atoms with Gasteiger partial charge in [0.2, 0.25) is 0 Å². The van der Waals surface area contributed by atoms with Crippen LogP contribution in [0.3, 0.4) is 0 Å². The minimum Gasteiger partial charge on any atom is -0.480 e. The molecule has 2 fully saturated rings. The van der Waals surface area contributed by atoms with Crippen LogP contribution in [0.5, 0.6) is 0 Å². The Balaban J connectivity index is 1.67. The van der Waals surface area contributed by atoms with Gasteiger partial charge in [0, 0.05) is 25.6 Å². The average Bonchev–Trinajstić information content (AvgIpc) is 3.09. The molecule has 2 atom stereocenters. The van der Waals surface area contributed by atoms with Crippen LogP contribution in [0.15, 0.2) is 0 Å². The number of nitrogens with one attached hydrogen (secondary N) is 2. The van der Waals surface area contributed by atoms with Crippen LogP contribution in [0.1, 0.15) is 25.7 Å². The number of hydrogen-bond acceptors (Lipinski definition) is 4. The fraction of sp³-hybridized carbons (Fsp3) is 0.833. The van der Waals surface area contributed by atoms with Gasteiger partial charge in [-0.1, -0.05) is 0 Å². The molecule has 1 saturated heterocycles. The summed E-state index contributed by atoms with van der Waals surface area (Å²) in [7, 11) is 0. The van der Waals surface area contributed by atoms with E-state index in [1.54, 1.807) is 0 Å². The number of aliphatic carboxylic acids is 1. The lowest BCUT2D eigenvalue weighted by molar-refractivity contribution is -0.141. The molecule has 0 aromatic carbocycles. The highest BCUT2D eigenvalue weighted by Gasteiger charge is 2.38. The predicted octanol–water partition coefficient (Wildman–Crippen LogP) is -0.642. The van der Waals surface area contributed by atoms with Crippen LogP contribution in [-0.4, -0.2) is 64.9 Å².